The largest absolute Gasteiger partial charge is 0.343 e. The third-order valence-corrected chi connectivity index (χ3v) is 5.90. The molecule has 8 heteroatoms. The molecule has 2 heterocycles. The van der Waals surface area contributed by atoms with Crippen LogP contribution in [-0.2, 0) is 19.2 Å². The number of fused-ring (bicyclic) bond motifs is 1. The summed E-state index contributed by atoms with van der Waals surface area (Å²) >= 11 is 0. The Kier molecular flexibility index (Phi) is 7.07. The minimum atomic E-state index is -0.242. The van der Waals surface area contributed by atoms with E-state index in [2.05, 4.69) is 5.32 Å². The van der Waals surface area contributed by atoms with Gasteiger partial charge in [-0.05, 0) is 38.8 Å². The number of carbonyl (C=O) groups is 4. The molecule has 0 saturated carbocycles. The lowest BCUT2D eigenvalue weighted by Gasteiger charge is -2.34. The summed E-state index contributed by atoms with van der Waals surface area (Å²) in [5.41, 5.74) is 1.26. The van der Waals surface area contributed by atoms with Crippen molar-refractivity contribution in [1.82, 2.24) is 9.80 Å². The Morgan fingerprint density at radius 2 is 1.67 bits per heavy atom. The monoisotopic (exact) mass is 414 g/mol. The third-order valence-electron chi connectivity index (χ3n) is 5.90. The van der Waals surface area contributed by atoms with E-state index in [1.807, 2.05) is 24.8 Å². The number of benzene rings is 1. The lowest BCUT2D eigenvalue weighted by molar-refractivity contribution is -0.140. The molecule has 2 aliphatic heterocycles. The van der Waals surface area contributed by atoms with Gasteiger partial charge >= 0.3 is 0 Å². The van der Waals surface area contributed by atoms with Gasteiger partial charge in [0.15, 0.2) is 0 Å². The van der Waals surface area contributed by atoms with Crippen molar-refractivity contribution in [2.45, 2.75) is 39.5 Å². The first-order valence-corrected chi connectivity index (χ1v) is 10.7. The summed E-state index contributed by atoms with van der Waals surface area (Å²) in [4.78, 5) is 54.7. The number of para-hydroxylation sites is 2. The summed E-state index contributed by atoms with van der Waals surface area (Å²) in [6.45, 7) is 6.40. The number of nitrogens with one attached hydrogen (secondary N) is 1. The van der Waals surface area contributed by atoms with Crippen molar-refractivity contribution < 1.29 is 19.2 Å². The van der Waals surface area contributed by atoms with Gasteiger partial charge in [-0.25, -0.2) is 0 Å². The quantitative estimate of drug-likeness (QED) is 0.769. The summed E-state index contributed by atoms with van der Waals surface area (Å²) in [5.74, 6) is -0.416. The maximum atomic E-state index is 12.7. The molecule has 1 aromatic carbocycles. The SMILES string of the molecule is CCN(CC)C(=O)C1CCN(C(=O)CCC(=O)N2CC(=O)Nc3ccccc32)CC1. The summed E-state index contributed by atoms with van der Waals surface area (Å²) in [5, 5.41) is 2.75. The summed E-state index contributed by atoms with van der Waals surface area (Å²) in [6, 6.07) is 7.14. The van der Waals surface area contributed by atoms with Crippen LogP contribution in [0.1, 0.15) is 39.5 Å². The molecule has 1 aromatic rings. The number of rotatable bonds is 6. The first-order chi connectivity index (χ1) is 14.4. The van der Waals surface area contributed by atoms with Crippen LogP contribution in [0.5, 0.6) is 0 Å². The molecular weight excluding hydrogens is 384 g/mol. The van der Waals surface area contributed by atoms with Crippen molar-refractivity contribution in [3.05, 3.63) is 24.3 Å². The van der Waals surface area contributed by atoms with E-state index in [1.54, 1.807) is 23.1 Å². The molecule has 162 valence electrons. The average Bonchev–Trinajstić information content (AvgIpc) is 2.77. The molecule has 0 unspecified atom stereocenters. The predicted molar refractivity (Wildman–Crippen MR) is 114 cm³/mol. The van der Waals surface area contributed by atoms with Gasteiger partial charge in [-0.2, -0.15) is 0 Å². The fourth-order valence-electron chi connectivity index (χ4n) is 4.13. The highest BCUT2D eigenvalue weighted by atomic mass is 16.2. The maximum absolute atomic E-state index is 12.7. The molecule has 3 rings (SSSR count). The normalized spacial score (nSPS) is 16.7. The van der Waals surface area contributed by atoms with Crippen LogP contribution in [0.25, 0.3) is 0 Å². The standard InChI is InChI=1S/C22H30N4O4/c1-3-24(4-2)22(30)16-11-13-25(14-12-16)20(28)9-10-21(29)26-15-19(27)23-17-7-5-6-8-18(17)26/h5-8,16H,3-4,9-15H2,1-2H3,(H,23,27). The maximum Gasteiger partial charge on any atom is 0.244 e. The number of piperidine rings is 1. The minimum Gasteiger partial charge on any atom is -0.343 e. The second-order valence-corrected chi connectivity index (χ2v) is 7.71. The molecule has 0 spiro atoms. The van der Waals surface area contributed by atoms with Crippen LogP contribution >= 0.6 is 0 Å². The Hall–Kier alpha value is -2.90. The van der Waals surface area contributed by atoms with Crippen LogP contribution in [-0.4, -0.2) is 66.2 Å². The van der Waals surface area contributed by atoms with Gasteiger partial charge in [0.05, 0.1) is 11.4 Å². The van der Waals surface area contributed by atoms with E-state index in [0.717, 1.165) is 0 Å². The van der Waals surface area contributed by atoms with Crippen LogP contribution in [0.2, 0.25) is 0 Å². The summed E-state index contributed by atoms with van der Waals surface area (Å²) in [6.07, 6.45) is 1.48. The fourth-order valence-corrected chi connectivity index (χ4v) is 4.13. The number of anilines is 2. The fraction of sp³-hybridized carbons (Fsp3) is 0.545. The average molecular weight is 415 g/mol. The zero-order valence-corrected chi connectivity index (χ0v) is 17.7. The minimum absolute atomic E-state index is 0.0288. The van der Waals surface area contributed by atoms with Gasteiger partial charge in [0.2, 0.25) is 23.6 Å². The number of hydrogen-bond acceptors (Lipinski definition) is 4. The van der Waals surface area contributed by atoms with E-state index in [0.29, 0.717) is 50.4 Å². The van der Waals surface area contributed by atoms with E-state index >= 15 is 0 Å². The van der Waals surface area contributed by atoms with Crippen LogP contribution in [0.4, 0.5) is 11.4 Å². The Labute approximate surface area is 177 Å². The molecule has 0 bridgehead atoms. The molecule has 0 radical (unpaired) electrons. The smallest absolute Gasteiger partial charge is 0.244 e. The van der Waals surface area contributed by atoms with Crippen LogP contribution in [0.3, 0.4) is 0 Å². The van der Waals surface area contributed by atoms with Crippen LogP contribution in [0.15, 0.2) is 24.3 Å². The molecule has 4 amide bonds. The molecule has 2 aliphatic rings. The first kappa shape index (κ1) is 21.8. The third kappa shape index (κ3) is 4.80. The van der Waals surface area contributed by atoms with Gasteiger partial charge in [0, 0.05) is 44.9 Å². The molecule has 0 aliphatic carbocycles. The molecule has 1 N–H and O–H groups in total. The van der Waals surface area contributed by atoms with Crippen molar-refractivity contribution in [3.8, 4) is 0 Å². The van der Waals surface area contributed by atoms with E-state index in [4.69, 9.17) is 0 Å². The van der Waals surface area contributed by atoms with Crippen molar-refractivity contribution in [1.29, 1.82) is 0 Å². The van der Waals surface area contributed by atoms with Crippen molar-refractivity contribution in [2.75, 3.05) is 42.9 Å². The van der Waals surface area contributed by atoms with Gasteiger partial charge in [-0.15, -0.1) is 0 Å². The number of hydrogen-bond donors (Lipinski definition) is 1. The lowest BCUT2D eigenvalue weighted by Crippen LogP contribution is -2.45. The Bertz CT molecular complexity index is 813. The molecule has 30 heavy (non-hydrogen) atoms. The van der Waals surface area contributed by atoms with Gasteiger partial charge in [-0.3, -0.25) is 19.2 Å². The van der Waals surface area contributed by atoms with Gasteiger partial charge < -0.3 is 20.0 Å². The zero-order chi connectivity index (χ0) is 21.7. The van der Waals surface area contributed by atoms with E-state index in [-0.39, 0.29) is 48.9 Å². The van der Waals surface area contributed by atoms with Crippen molar-refractivity contribution in [2.24, 2.45) is 5.92 Å². The summed E-state index contributed by atoms with van der Waals surface area (Å²) in [7, 11) is 0. The van der Waals surface area contributed by atoms with Crippen LogP contribution < -0.4 is 10.2 Å². The van der Waals surface area contributed by atoms with E-state index in [9.17, 15) is 19.2 Å². The number of nitrogens with zero attached hydrogens (tertiary/aromatic N) is 3. The predicted octanol–water partition coefficient (Wildman–Crippen LogP) is 1.86. The molecular formula is C22H30N4O4. The second kappa shape index (κ2) is 9.73. The van der Waals surface area contributed by atoms with E-state index in [1.165, 1.54) is 4.90 Å². The number of amides is 4. The highest BCUT2D eigenvalue weighted by molar-refractivity contribution is 6.10. The topological polar surface area (TPSA) is 90.0 Å². The Morgan fingerprint density at radius 3 is 2.33 bits per heavy atom. The highest BCUT2D eigenvalue weighted by Gasteiger charge is 2.30. The Balaban J connectivity index is 1.50. The molecule has 8 nitrogen and oxygen atoms in total. The second-order valence-electron chi connectivity index (χ2n) is 7.71. The molecule has 0 aromatic heterocycles. The Morgan fingerprint density at radius 1 is 1.03 bits per heavy atom. The molecule has 0 atom stereocenters. The lowest BCUT2D eigenvalue weighted by atomic mass is 9.95. The van der Waals surface area contributed by atoms with Crippen molar-refractivity contribution >= 4 is 35.0 Å². The van der Waals surface area contributed by atoms with Gasteiger partial charge in [0.25, 0.3) is 0 Å². The van der Waals surface area contributed by atoms with Gasteiger partial charge in [-0.1, -0.05) is 12.1 Å². The highest BCUT2D eigenvalue weighted by Crippen LogP contribution is 2.29. The zero-order valence-electron chi connectivity index (χ0n) is 17.7. The first-order valence-electron chi connectivity index (χ1n) is 10.7. The summed E-state index contributed by atoms with van der Waals surface area (Å²) < 4.78 is 0. The number of likely N-dealkylation sites (tertiary alicyclic amines) is 1. The van der Waals surface area contributed by atoms with Gasteiger partial charge in [0.1, 0.15) is 6.54 Å². The van der Waals surface area contributed by atoms with Crippen LogP contribution in [0, 0.1) is 5.92 Å². The van der Waals surface area contributed by atoms with E-state index < -0.39 is 0 Å². The molecule has 1 saturated heterocycles. The van der Waals surface area contributed by atoms with Crippen molar-refractivity contribution in [3.63, 3.8) is 0 Å². The number of carbonyl (C=O) groups excluding carboxylic acids is 4. The molecule has 1 fully saturated rings.